The van der Waals surface area contributed by atoms with Crippen LogP contribution in [0.2, 0.25) is 0 Å². The Morgan fingerprint density at radius 1 is 1.42 bits per heavy atom. The Hall–Kier alpha value is -1.91. The van der Waals surface area contributed by atoms with Crippen molar-refractivity contribution >= 4 is 11.9 Å². The van der Waals surface area contributed by atoms with Gasteiger partial charge >= 0.3 is 5.97 Å². The quantitative estimate of drug-likeness (QED) is 0.828. The lowest BCUT2D eigenvalue weighted by molar-refractivity contribution is -0.143. The molecular weight excluding hydrogens is 249 g/mol. The SMILES string of the molecule is CC[C@H](C)[C@H](NC(=O)Cc1cccc(F)c1)C(=O)O. The van der Waals surface area contributed by atoms with Crippen LogP contribution >= 0.6 is 0 Å². The summed E-state index contributed by atoms with van der Waals surface area (Å²) in [7, 11) is 0. The topological polar surface area (TPSA) is 66.4 Å². The Morgan fingerprint density at radius 3 is 2.63 bits per heavy atom. The summed E-state index contributed by atoms with van der Waals surface area (Å²) in [5.74, 6) is -2.05. The number of carboxylic acids is 1. The van der Waals surface area contributed by atoms with Crippen molar-refractivity contribution in [1.82, 2.24) is 5.32 Å². The molecule has 0 aromatic heterocycles. The van der Waals surface area contributed by atoms with E-state index in [0.29, 0.717) is 12.0 Å². The molecule has 5 heteroatoms. The van der Waals surface area contributed by atoms with Crippen molar-refractivity contribution in [3.05, 3.63) is 35.6 Å². The van der Waals surface area contributed by atoms with Gasteiger partial charge in [0, 0.05) is 0 Å². The molecule has 0 heterocycles. The van der Waals surface area contributed by atoms with E-state index in [1.165, 1.54) is 18.2 Å². The van der Waals surface area contributed by atoms with E-state index in [1.54, 1.807) is 13.0 Å². The summed E-state index contributed by atoms with van der Waals surface area (Å²) in [5, 5.41) is 11.5. The van der Waals surface area contributed by atoms with Crippen LogP contribution in [0.4, 0.5) is 4.39 Å². The van der Waals surface area contributed by atoms with E-state index in [0.717, 1.165) is 0 Å². The molecule has 1 aromatic carbocycles. The van der Waals surface area contributed by atoms with Crippen LogP contribution in [-0.4, -0.2) is 23.0 Å². The molecule has 19 heavy (non-hydrogen) atoms. The highest BCUT2D eigenvalue weighted by Crippen LogP contribution is 2.09. The summed E-state index contributed by atoms with van der Waals surface area (Å²) in [6.07, 6.45) is 0.620. The molecule has 0 saturated heterocycles. The minimum atomic E-state index is -1.05. The lowest BCUT2D eigenvalue weighted by Crippen LogP contribution is -2.45. The highest BCUT2D eigenvalue weighted by molar-refractivity contribution is 5.85. The molecule has 0 fully saturated rings. The lowest BCUT2D eigenvalue weighted by Gasteiger charge is -2.20. The average molecular weight is 267 g/mol. The predicted molar refractivity (Wildman–Crippen MR) is 69.1 cm³/mol. The molecule has 0 aliphatic carbocycles. The molecule has 104 valence electrons. The first-order chi connectivity index (χ1) is 8.93. The maximum absolute atomic E-state index is 13.0. The van der Waals surface area contributed by atoms with Crippen LogP contribution in [0, 0.1) is 11.7 Å². The molecule has 1 rings (SSSR count). The van der Waals surface area contributed by atoms with Crippen molar-refractivity contribution < 1.29 is 19.1 Å². The zero-order valence-electron chi connectivity index (χ0n) is 11.0. The first-order valence-electron chi connectivity index (χ1n) is 6.20. The van der Waals surface area contributed by atoms with Crippen molar-refractivity contribution in [3.8, 4) is 0 Å². The van der Waals surface area contributed by atoms with E-state index in [2.05, 4.69) is 5.32 Å². The second-order valence-electron chi connectivity index (χ2n) is 4.58. The lowest BCUT2D eigenvalue weighted by atomic mass is 9.99. The van der Waals surface area contributed by atoms with Crippen molar-refractivity contribution in [2.24, 2.45) is 5.92 Å². The van der Waals surface area contributed by atoms with Crippen molar-refractivity contribution in [2.75, 3.05) is 0 Å². The third-order valence-electron chi connectivity index (χ3n) is 3.05. The number of hydrogen-bond acceptors (Lipinski definition) is 2. The molecule has 0 aliphatic heterocycles. The van der Waals surface area contributed by atoms with E-state index >= 15 is 0 Å². The van der Waals surface area contributed by atoms with Crippen LogP contribution in [0.25, 0.3) is 0 Å². The fourth-order valence-electron chi connectivity index (χ4n) is 1.74. The van der Waals surface area contributed by atoms with Gasteiger partial charge in [-0.2, -0.15) is 0 Å². The number of carboxylic acid groups (broad SMARTS) is 1. The van der Waals surface area contributed by atoms with Crippen LogP contribution in [-0.2, 0) is 16.0 Å². The maximum atomic E-state index is 13.0. The van der Waals surface area contributed by atoms with Crippen molar-refractivity contribution in [1.29, 1.82) is 0 Å². The highest BCUT2D eigenvalue weighted by atomic mass is 19.1. The first kappa shape index (κ1) is 15.1. The molecule has 0 saturated carbocycles. The summed E-state index contributed by atoms with van der Waals surface area (Å²) in [6.45, 7) is 3.63. The summed E-state index contributed by atoms with van der Waals surface area (Å²) >= 11 is 0. The smallest absolute Gasteiger partial charge is 0.326 e. The molecule has 2 atom stereocenters. The van der Waals surface area contributed by atoms with E-state index in [4.69, 9.17) is 5.11 Å². The Labute approximate surface area is 111 Å². The van der Waals surface area contributed by atoms with E-state index < -0.39 is 23.7 Å². The third-order valence-corrected chi connectivity index (χ3v) is 3.05. The average Bonchev–Trinajstić information content (AvgIpc) is 2.34. The third kappa shape index (κ3) is 4.69. The standard InChI is InChI=1S/C14H18FNO3/c1-3-9(2)13(14(18)19)16-12(17)8-10-5-4-6-11(15)7-10/h4-7,9,13H,3,8H2,1-2H3,(H,16,17)(H,18,19)/t9-,13-/m0/s1. The number of carbonyl (C=O) groups is 2. The van der Waals surface area contributed by atoms with Gasteiger partial charge in [0.2, 0.25) is 5.91 Å². The molecule has 1 amide bonds. The number of rotatable bonds is 6. The van der Waals surface area contributed by atoms with Gasteiger partial charge < -0.3 is 10.4 Å². The molecule has 0 aliphatic rings. The van der Waals surface area contributed by atoms with Gasteiger partial charge in [-0.05, 0) is 23.6 Å². The van der Waals surface area contributed by atoms with E-state index in [-0.39, 0.29) is 12.3 Å². The van der Waals surface area contributed by atoms with E-state index in [1.807, 2.05) is 6.92 Å². The zero-order chi connectivity index (χ0) is 14.4. The highest BCUT2D eigenvalue weighted by Gasteiger charge is 2.25. The number of benzene rings is 1. The fourth-order valence-corrected chi connectivity index (χ4v) is 1.74. The van der Waals surface area contributed by atoms with Gasteiger partial charge in [-0.3, -0.25) is 4.79 Å². The minimum Gasteiger partial charge on any atom is -0.480 e. The van der Waals surface area contributed by atoms with Gasteiger partial charge in [-0.25, -0.2) is 9.18 Å². The molecule has 2 N–H and O–H groups in total. The monoisotopic (exact) mass is 267 g/mol. The molecule has 0 spiro atoms. The van der Waals surface area contributed by atoms with Crippen molar-refractivity contribution in [3.63, 3.8) is 0 Å². The summed E-state index contributed by atoms with van der Waals surface area (Å²) in [5.41, 5.74) is 0.519. The van der Waals surface area contributed by atoms with Gasteiger partial charge in [0.25, 0.3) is 0 Å². The largest absolute Gasteiger partial charge is 0.480 e. The molecule has 1 aromatic rings. The summed E-state index contributed by atoms with van der Waals surface area (Å²) < 4.78 is 13.0. The number of hydrogen-bond donors (Lipinski definition) is 2. The van der Waals surface area contributed by atoms with Crippen LogP contribution in [0.5, 0.6) is 0 Å². The number of amides is 1. The second-order valence-corrected chi connectivity index (χ2v) is 4.58. The van der Waals surface area contributed by atoms with Crippen molar-refractivity contribution in [2.45, 2.75) is 32.7 Å². The molecule has 0 radical (unpaired) electrons. The Morgan fingerprint density at radius 2 is 2.11 bits per heavy atom. The molecule has 0 unspecified atom stereocenters. The summed E-state index contributed by atoms with van der Waals surface area (Å²) in [6, 6.07) is 4.79. The van der Waals surface area contributed by atoms with Gasteiger partial charge in [-0.1, -0.05) is 32.4 Å². The molecule has 0 bridgehead atoms. The van der Waals surface area contributed by atoms with Gasteiger partial charge in [0.1, 0.15) is 11.9 Å². The Bertz CT molecular complexity index is 462. The minimum absolute atomic E-state index is 0.0298. The van der Waals surface area contributed by atoms with Crippen LogP contribution in [0.1, 0.15) is 25.8 Å². The van der Waals surface area contributed by atoms with Gasteiger partial charge in [0.15, 0.2) is 0 Å². The predicted octanol–water partition coefficient (Wildman–Crippen LogP) is 1.98. The fraction of sp³-hybridized carbons (Fsp3) is 0.429. The number of aliphatic carboxylic acids is 1. The number of carbonyl (C=O) groups excluding carboxylic acids is 1. The molecular formula is C14H18FNO3. The van der Waals surface area contributed by atoms with Gasteiger partial charge in [0.05, 0.1) is 6.42 Å². The summed E-state index contributed by atoms with van der Waals surface area (Å²) in [4.78, 5) is 22.8. The van der Waals surface area contributed by atoms with Crippen LogP contribution in [0.3, 0.4) is 0 Å². The number of nitrogens with one attached hydrogen (secondary N) is 1. The van der Waals surface area contributed by atoms with E-state index in [9.17, 15) is 14.0 Å². The Balaban J connectivity index is 2.65. The molecule has 4 nitrogen and oxygen atoms in total. The Kier molecular flexibility index (Phi) is 5.48. The maximum Gasteiger partial charge on any atom is 0.326 e. The van der Waals surface area contributed by atoms with Crippen LogP contribution in [0.15, 0.2) is 24.3 Å². The normalized spacial score (nSPS) is 13.6. The van der Waals surface area contributed by atoms with Gasteiger partial charge in [-0.15, -0.1) is 0 Å². The second kappa shape index (κ2) is 6.87. The first-order valence-corrected chi connectivity index (χ1v) is 6.20. The number of halogens is 1. The zero-order valence-corrected chi connectivity index (χ0v) is 11.0. The van der Waals surface area contributed by atoms with Crippen LogP contribution < -0.4 is 5.32 Å².